The lowest BCUT2D eigenvalue weighted by Gasteiger charge is -2.17. The third-order valence-electron chi connectivity index (χ3n) is 3.72. The molecule has 24 heavy (non-hydrogen) atoms. The Morgan fingerprint density at radius 1 is 1.38 bits per heavy atom. The molecule has 6 nitrogen and oxygen atoms in total. The molecule has 0 bridgehead atoms. The molecule has 2 heterocycles. The number of hydrogen-bond donors (Lipinski definition) is 0. The van der Waals surface area contributed by atoms with Crippen LogP contribution in [0.1, 0.15) is 12.0 Å². The maximum atomic E-state index is 12.3. The summed E-state index contributed by atoms with van der Waals surface area (Å²) in [5.41, 5.74) is 1.10. The van der Waals surface area contributed by atoms with Crippen LogP contribution in [0.5, 0.6) is 11.8 Å². The molecule has 1 amide bonds. The SMILES string of the molecule is Cc1cccc(OCC(=O)N2CCC(Oc3ncc(Br)cn3)C2)c1. The summed E-state index contributed by atoms with van der Waals surface area (Å²) in [5.74, 6) is 0.665. The van der Waals surface area contributed by atoms with Crippen LogP contribution < -0.4 is 9.47 Å². The molecule has 2 aromatic rings. The van der Waals surface area contributed by atoms with Gasteiger partial charge in [-0.2, -0.15) is 0 Å². The van der Waals surface area contributed by atoms with E-state index in [9.17, 15) is 4.79 Å². The van der Waals surface area contributed by atoms with E-state index < -0.39 is 0 Å². The van der Waals surface area contributed by atoms with Gasteiger partial charge in [0, 0.05) is 25.4 Å². The number of rotatable bonds is 5. The Labute approximate surface area is 148 Å². The Balaban J connectivity index is 1.48. The molecule has 1 unspecified atom stereocenters. The topological polar surface area (TPSA) is 64.5 Å². The molecule has 1 aliphatic rings. The highest BCUT2D eigenvalue weighted by atomic mass is 79.9. The van der Waals surface area contributed by atoms with Crippen molar-refractivity contribution in [2.75, 3.05) is 19.7 Å². The summed E-state index contributed by atoms with van der Waals surface area (Å²) < 4.78 is 12.1. The van der Waals surface area contributed by atoms with E-state index in [0.29, 0.717) is 24.8 Å². The van der Waals surface area contributed by atoms with E-state index in [1.807, 2.05) is 31.2 Å². The second-order valence-corrected chi connectivity index (χ2v) is 6.57. The van der Waals surface area contributed by atoms with Crippen LogP contribution in [0.3, 0.4) is 0 Å². The second-order valence-electron chi connectivity index (χ2n) is 5.66. The summed E-state index contributed by atoms with van der Waals surface area (Å²) in [7, 11) is 0. The Hall–Kier alpha value is -2.15. The third-order valence-corrected chi connectivity index (χ3v) is 4.13. The van der Waals surface area contributed by atoms with Gasteiger partial charge in [0.2, 0.25) is 0 Å². The molecule has 1 atom stereocenters. The van der Waals surface area contributed by atoms with E-state index in [0.717, 1.165) is 16.5 Å². The smallest absolute Gasteiger partial charge is 0.316 e. The number of ether oxygens (including phenoxy) is 2. The van der Waals surface area contributed by atoms with Gasteiger partial charge in [0.25, 0.3) is 5.91 Å². The Morgan fingerprint density at radius 3 is 2.92 bits per heavy atom. The molecule has 1 aliphatic heterocycles. The number of likely N-dealkylation sites (tertiary alicyclic amines) is 1. The van der Waals surface area contributed by atoms with Crippen molar-refractivity contribution >= 4 is 21.8 Å². The van der Waals surface area contributed by atoms with Gasteiger partial charge >= 0.3 is 6.01 Å². The second kappa shape index (κ2) is 7.61. The molecular weight excluding hydrogens is 374 g/mol. The molecule has 0 N–H and O–H groups in total. The van der Waals surface area contributed by atoms with Crippen LogP contribution in [0.15, 0.2) is 41.1 Å². The van der Waals surface area contributed by atoms with Gasteiger partial charge in [-0.05, 0) is 40.5 Å². The number of halogens is 1. The first-order valence-corrected chi connectivity index (χ1v) is 8.51. The molecule has 1 saturated heterocycles. The monoisotopic (exact) mass is 391 g/mol. The fraction of sp³-hybridized carbons (Fsp3) is 0.353. The number of hydrogen-bond acceptors (Lipinski definition) is 5. The number of amides is 1. The number of aromatic nitrogens is 2. The van der Waals surface area contributed by atoms with Crippen molar-refractivity contribution in [1.82, 2.24) is 14.9 Å². The first-order chi connectivity index (χ1) is 11.6. The van der Waals surface area contributed by atoms with Crippen molar-refractivity contribution in [1.29, 1.82) is 0 Å². The first kappa shape index (κ1) is 16.7. The van der Waals surface area contributed by atoms with Gasteiger partial charge in [0.05, 0.1) is 11.0 Å². The molecule has 0 aliphatic carbocycles. The van der Waals surface area contributed by atoms with E-state index in [1.54, 1.807) is 17.3 Å². The average molecular weight is 392 g/mol. The van der Waals surface area contributed by atoms with E-state index in [4.69, 9.17) is 9.47 Å². The molecule has 126 valence electrons. The summed E-state index contributed by atoms with van der Waals surface area (Å²) in [6.07, 6.45) is 3.94. The largest absolute Gasteiger partial charge is 0.484 e. The number of aryl methyl sites for hydroxylation is 1. The van der Waals surface area contributed by atoms with E-state index in [2.05, 4.69) is 25.9 Å². The van der Waals surface area contributed by atoms with Crippen LogP contribution in [0, 0.1) is 6.92 Å². The van der Waals surface area contributed by atoms with Crippen LogP contribution in [-0.4, -0.2) is 46.6 Å². The van der Waals surface area contributed by atoms with E-state index >= 15 is 0 Å². The molecular formula is C17H18BrN3O3. The number of nitrogens with zero attached hydrogens (tertiary/aromatic N) is 3. The predicted molar refractivity (Wildman–Crippen MR) is 92.0 cm³/mol. The zero-order valence-corrected chi connectivity index (χ0v) is 14.9. The standard InChI is InChI=1S/C17H18BrN3O3/c1-12-3-2-4-14(7-12)23-11-16(22)21-6-5-15(10-21)24-17-19-8-13(18)9-20-17/h2-4,7-9,15H,5-6,10-11H2,1H3. The van der Waals surface area contributed by atoms with Gasteiger partial charge in [-0.25, -0.2) is 9.97 Å². The molecule has 1 aromatic carbocycles. The normalized spacial score (nSPS) is 16.9. The third kappa shape index (κ3) is 4.44. The zero-order chi connectivity index (χ0) is 16.9. The van der Waals surface area contributed by atoms with Crippen LogP contribution in [0.4, 0.5) is 0 Å². The van der Waals surface area contributed by atoms with Crippen molar-refractivity contribution in [2.24, 2.45) is 0 Å². The minimum Gasteiger partial charge on any atom is -0.484 e. The lowest BCUT2D eigenvalue weighted by Crippen LogP contribution is -2.34. The zero-order valence-electron chi connectivity index (χ0n) is 13.3. The molecule has 0 saturated carbocycles. The lowest BCUT2D eigenvalue weighted by molar-refractivity contribution is -0.132. The van der Waals surface area contributed by atoms with Gasteiger partial charge in [-0.15, -0.1) is 0 Å². The minimum absolute atomic E-state index is 0.0327. The number of carbonyl (C=O) groups is 1. The van der Waals surface area contributed by atoms with Crippen molar-refractivity contribution in [2.45, 2.75) is 19.4 Å². The Bertz CT molecular complexity index is 708. The summed E-state index contributed by atoms with van der Waals surface area (Å²) in [5, 5.41) is 0. The fourth-order valence-corrected chi connectivity index (χ4v) is 2.71. The van der Waals surface area contributed by atoms with Gasteiger partial charge in [-0.3, -0.25) is 4.79 Å². The van der Waals surface area contributed by atoms with Gasteiger partial charge in [0.1, 0.15) is 11.9 Å². The minimum atomic E-state index is -0.0888. The fourth-order valence-electron chi connectivity index (χ4n) is 2.50. The van der Waals surface area contributed by atoms with Crippen molar-refractivity contribution in [3.05, 3.63) is 46.7 Å². The van der Waals surface area contributed by atoms with Crippen LogP contribution in [0.2, 0.25) is 0 Å². The van der Waals surface area contributed by atoms with Gasteiger partial charge in [0.15, 0.2) is 6.61 Å². The van der Waals surface area contributed by atoms with E-state index in [-0.39, 0.29) is 18.6 Å². The van der Waals surface area contributed by atoms with Gasteiger partial charge in [-0.1, -0.05) is 12.1 Å². The lowest BCUT2D eigenvalue weighted by atomic mass is 10.2. The Kier molecular flexibility index (Phi) is 5.30. The average Bonchev–Trinajstić information content (AvgIpc) is 3.03. The quantitative estimate of drug-likeness (QED) is 0.783. The van der Waals surface area contributed by atoms with Crippen molar-refractivity contribution < 1.29 is 14.3 Å². The number of benzene rings is 1. The van der Waals surface area contributed by atoms with Crippen LogP contribution in [-0.2, 0) is 4.79 Å². The van der Waals surface area contributed by atoms with Crippen LogP contribution >= 0.6 is 15.9 Å². The predicted octanol–water partition coefficient (Wildman–Crippen LogP) is 2.61. The van der Waals surface area contributed by atoms with Crippen LogP contribution in [0.25, 0.3) is 0 Å². The summed E-state index contributed by atoms with van der Waals surface area (Å²) >= 11 is 3.28. The molecule has 1 aromatic heterocycles. The van der Waals surface area contributed by atoms with E-state index in [1.165, 1.54) is 0 Å². The highest BCUT2D eigenvalue weighted by molar-refractivity contribution is 9.10. The maximum absolute atomic E-state index is 12.3. The first-order valence-electron chi connectivity index (χ1n) is 7.71. The summed E-state index contributed by atoms with van der Waals surface area (Å²) in [4.78, 5) is 22.2. The summed E-state index contributed by atoms with van der Waals surface area (Å²) in [6.45, 7) is 3.19. The Morgan fingerprint density at radius 2 is 2.17 bits per heavy atom. The molecule has 7 heteroatoms. The molecule has 0 radical (unpaired) electrons. The highest BCUT2D eigenvalue weighted by Gasteiger charge is 2.28. The molecule has 3 rings (SSSR count). The molecule has 0 spiro atoms. The van der Waals surface area contributed by atoms with Crippen molar-refractivity contribution in [3.8, 4) is 11.8 Å². The van der Waals surface area contributed by atoms with Gasteiger partial charge < -0.3 is 14.4 Å². The maximum Gasteiger partial charge on any atom is 0.316 e. The molecule has 1 fully saturated rings. The highest BCUT2D eigenvalue weighted by Crippen LogP contribution is 2.17. The van der Waals surface area contributed by atoms with Crippen molar-refractivity contribution in [3.63, 3.8) is 0 Å². The summed E-state index contributed by atoms with van der Waals surface area (Å²) in [6, 6.07) is 7.98. The number of carbonyl (C=O) groups excluding carboxylic acids is 1.